The fraction of sp³-hybridized carbons (Fsp3) is 0.333. The number of carbonyl (C=O) groups is 1. The van der Waals surface area contributed by atoms with Crippen molar-refractivity contribution < 1.29 is 79.2 Å². The molecule has 2 fully saturated rings. The maximum atomic E-state index is 13.4. The molecule has 6 rings (SSSR count). The Morgan fingerprint density at radius 2 is 1.38 bits per heavy atom. The van der Waals surface area contributed by atoms with Gasteiger partial charge in [0.05, 0.1) is 12.2 Å². The van der Waals surface area contributed by atoms with Crippen molar-refractivity contribution in [1.82, 2.24) is 0 Å². The monoisotopic (exact) mass is 740 g/mol. The summed E-state index contributed by atoms with van der Waals surface area (Å²) in [6.07, 6.45) is -15.7. The number of benzene rings is 3. The highest BCUT2D eigenvalue weighted by Crippen LogP contribution is 2.46. The van der Waals surface area contributed by atoms with Gasteiger partial charge in [-0.2, -0.15) is 0 Å². The number of phenolic OH excluding ortho intramolecular Hbond substituents is 3. The minimum Gasteiger partial charge on any atom is -0.508 e. The fourth-order valence-corrected chi connectivity index (χ4v) is 6.01. The number of phenols is 3. The third kappa shape index (κ3) is 7.70. The van der Waals surface area contributed by atoms with Crippen molar-refractivity contribution in [3.05, 3.63) is 88.1 Å². The number of esters is 1. The minimum atomic E-state index is -2.00. The van der Waals surface area contributed by atoms with Gasteiger partial charge in [0, 0.05) is 23.8 Å². The van der Waals surface area contributed by atoms with E-state index in [9.17, 15) is 60.7 Å². The van der Waals surface area contributed by atoms with E-state index in [0.29, 0.717) is 11.1 Å². The highest BCUT2D eigenvalue weighted by atomic mass is 16.7. The van der Waals surface area contributed by atoms with Crippen LogP contribution in [0.15, 0.2) is 76.0 Å². The average molecular weight is 741 g/mol. The van der Waals surface area contributed by atoms with Crippen molar-refractivity contribution in [1.29, 1.82) is 0 Å². The van der Waals surface area contributed by atoms with E-state index in [0.717, 1.165) is 18.2 Å². The van der Waals surface area contributed by atoms with E-state index in [2.05, 4.69) is 0 Å². The Morgan fingerprint density at radius 1 is 0.755 bits per heavy atom. The maximum Gasteiger partial charge on any atom is 0.330 e. The van der Waals surface area contributed by atoms with Crippen molar-refractivity contribution in [2.45, 2.75) is 61.2 Å². The molecule has 0 spiro atoms. The number of hydrogen-bond acceptors (Lipinski definition) is 17. The molecule has 0 radical (unpaired) electrons. The third-order valence-electron chi connectivity index (χ3n) is 8.93. The minimum absolute atomic E-state index is 0.0118. The predicted molar refractivity (Wildman–Crippen MR) is 179 cm³/mol. The van der Waals surface area contributed by atoms with Crippen LogP contribution in [0.1, 0.15) is 17.2 Å². The molecule has 10 atom stereocenters. The van der Waals surface area contributed by atoms with Gasteiger partial charge in [-0.3, -0.25) is 4.79 Å². The summed E-state index contributed by atoms with van der Waals surface area (Å²) in [5.74, 6) is -2.33. The first-order valence-corrected chi connectivity index (χ1v) is 16.2. The van der Waals surface area contributed by atoms with E-state index in [-0.39, 0.29) is 22.8 Å². The summed E-state index contributed by atoms with van der Waals surface area (Å²) in [6, 6.07) is 13.6. The Kier molecular flexibility index (Phi) is 11.0. The van der Waals surface area contributed by atoms with Crippen molar-refractivity contribution in [2.24, 2.45) is 0 Å². The van der Waals surface area contributed by atoms with Crippen LogP contribution in [0, 0.1) is 0 Å². The Bertz CT molecular complexity index is 2010. The lowest BCUT2D eigenvalue weighted by Crippen LogP contribution is -2.60. The molecule has 282 valence electrons. The van der Waals surface area contributed by atoms with Gasteiger partial charge in [-0.25, -0.2) is 4.79 Å². The topological polar surface area (TPSA) is 286 Å². The molecular weight excluding hydrogens is 704 g/mol. The molecule has 17 nitrogen and oxygen atoms in total. The van der Waals surface area contributed by atoms with Crippen molar-refractivity contribution in [3.8, 4) is 34.3 Å². The zero-order chi connectivity index (χ0) is 38.1. The number of hydrogen-bond donors (Lipinski definition) is 10. The molecule has 4 aromatic rings. The molecule has 0 amide bonds. The summed E-state index contributed by atoms with van der Waals surface area (Å²) < 4.78 is 28.4. The van der Waals surface area contributed by atoms with Crippen LogP contribution in [0.4, 0.5) is 0 Å². The maximum absolute atomic E-state index is 13.4. The number of fused-ring (bicyclic) bond motifs is 1. The van der Waals surface area contributed by atoms with Crippen LogP contribution in [0.5, 0.6) is 23.0 Å². The summed E-state index contributed by atoms with van der Waals surface area (Å²) in [6.45, 7) is -1.50. The quantitative estimate of drug-likeness (QED) is 0.0767. The Balaban J connectivity index is 1.35. The first kappa shape index (κ1) is 37.7. The summed E-state index contributed by atoms with van der Waals surface area (Å²) >= 11 is 0. The lowest BCUT2D eigenvalue weighted by molar-refractivity contribution is -0.279. The van der Waals surface area contributed by atoms with Crippen LogP contribution >= 0.6 is 0 Å². The van der Waals surface area contributed by atoms with Gasteiger partial charge in [-0.15, -0.1) is 0 Å². The number of aliphatic hydroxyl groups excluding tert-OH is 7. The van der Waals surface area contributed by atoms with Crippen molar-refractivity contribution >= 4 is 23.0 Å². The molecule has 0 saturated carbocycles. The molecule has 1 aromatic heterocycles. The average Bonchev–Trinajstić information content (AvgIpc) is 3.14. The van der Waals surface area contributed by atoms with E-state index in [1.165, 1.54) is 54.6 Å². The van der Waals surface area contributed by atoms with Crippen LogP contribution < -0.4 is 10.2 Å². The van der Waals surface area contributed by atoms with Gasteiger partial charge in [-0.1, -0.05) is 12.1 Å². The summed E-state index contributed by atoms with van der Waals surface area (Å²) in [4.78, 5) is 25.9. The highest BCUT2D eigenvalue weighted by Gasteiger charge is 2.49. The van der Waals surface area contributed by atoms with Gasteiger partial charge in [-0.05, 0) is 48.0 Å². The second-order valence-corrected chi connectivity index (χ2v) is 12.5. The van der Waals surface area contributed by atoms with Gasteiger partial charge < -0.3 is 74.4 Å². The number of ether oxygens (including phenoxy) is 4. The summed E-state index contributed by atoms with van der Waals surface area (Å²) in [5.41, 5.74) is -0.713. The molecule has 10 unspecified atom stereocenters. The van der Waals surface area contributed by atoms with E-state index in [1.807, 2.05) is 0 Å². The van der Waals surface area contributed by atoms with E-state index in [1.54, 1.807) is 0 Å². The second kappa shape index (κ2) is 15.5. The largest absolute Gasteiger partial charge is 0.508 e. The summed E-state index contributed by atoms with van der Waals surface area (Å²) in [5, 5.41) is 104. The molecule has 2 saturated heterocycles. The lowest BCUT2D eigenvalue weighted by atomic mass is 9.89. The molecule has 3 aromatic carbocycles. The van der Waals surface area contributed by atoms with Gasteiger partial charge in [0.25, 0.3) is 0 Å². The lowest BCUT2D eigenvalue weighted by Gasteiger charge is -2.42. The molecule has 53 heavy (non-hydrogen) atoms. The van der Waals surface area contributed by atoms with Gasteiger partial charge in [0.2, 0.25) is 6.29 Å². The number of aliphatic hydroxyl groups is 7. The normalized spacial score (nSPS) is 29.0. The van der Waals surface area contributed by atoms with Crippen LogP contribution in [-0.4, -0.2) is 125 Å². The first-order valence-electron chi connectivity index (χ1n) is 16.2. The van der Waals surface area contributed by atoms with Crippen LogP contribution in [0.3, 0.4) is 0 Å². The van der Waals surface area contributed by atoms with E-state index in [4.69, 9.17) is 23.4 Å². The van der Waals surface area contributed by atoms with Crippen molar-refractivity contribution in [2.75, 3.05) is 13.2 Å². The second-order valence-electron chi connectivity index (χ2n) is 12.5. The molecule has 3 heterocycles. The highest BCUT2D eigenvalue weighted by molar-refractivity contribution is 5.88. The smallest absolute Gasteiger partial charge is 0.330 e. The number of carbonyl (C=O) groups excluding carboxylic acids is 1. The number of rotatable bonds is 9. The van der Waals surface area contributed by atoms with E-state index < -0.39 is 108 Å². The Labute approximate surface area is 299 Å². The molecule has 10 N–H and O–H groups in total. The van der Waals surface area contributed by atoms with Crippen LogP contribution in [-0.2, 0) is 19.0 Å². The SMILES string of the molecule is O=C(C=Cc1ccc(O)cc1)OCC1OC(Oc2cc3oc(-c4ccc(O)cc4)cc(=O)c3c(O)c2C2OC(CO)C(O)C(O)C2O)C(O)C(O)C1O. The van der Waals surface area contributed by atoms with Gasteiger partial charge in [0.1, 0.15) is 101 Å². The standard InChI is InChI=1S/C36H36O17/c37-13-23-28(42)31(45)33(47)35(51-23)27-22(12-21-26(30(27)44)19(40)11-20(50-21)16-4-8-18(39)9-5-16)52-36-34(48)32(46)29(43)24(53-36)14-49-25(41)10-3-15-1-6-17(38)7-2-15/h1-12,23-24,28-29,31-39,42-48H,13-14H2. The van der Waals surface area contributed by atoms with E-state index >= 15 is 0 Å². The van der Waals surface area contributed by atoms with Crippen LogP contribution in [0.2, 0.25) is 0 Å². The van der Waals surface area contributed by atoms with Crippen LogP contribution in [0.25, 0.3) is 28.4 Å². The fourth-order valence-electron chi connectivity index (χ4n) is 6.01. The zero-order valence-corrected chi connectivity index (χ0v) is 27.4. The summed E-state index contributed by atoms with van der Waals surface area (Å²) in [7, 11) is 0. The Morgan fingerprint density at radius 3 is 2.04 bits per heavy atom. The number of aromatic hydroxyl groups is 3. The third-order valence-corrected chi connectivity index (χ3v) is 8.93. The molecule has 0 aliphatic carbocycles. The van der Waals surface area contributed by atoms with Gasteiger partial charge >= 0.3 is 5.97 Å². The first-order chi connectivity index (χ1) is 25.3. The molecule has 2 aliphatic heterocycles. The molecule has 2 aliphatic rings. The van der Waals surface area contributed by atoms with Gasteiger partial charge in [0.15, 0.2) is 5.43 Å². The molecule has 17 heteroatoms. The zero-order valence-electron chi connectivity index (χ0n) is 27.4. The Hall–Kier alpha value is -5.08. The van der Waals surface area contributed by atoms with Crippen molar-refractivity contribution in [3.63, 3.8) is 0 Å². The molecule has 0 bridgehead atoms. The predicted octanol–water partition coefficient (Wildman–Crippen LogP) is -0.465. The molecular formula is C36H36O17.